The maximum absolute atomic E-state index is 12.2. The first-order chi connectivity index (χ1) is 16.7. The van der Waals surface area contributed by atoms with E-state index >= 15 is 0 Å². The van der Waals surface area contributed by atoms with Crippen LogP contribution in [-0.4, -0.2) is 36.9 Å². The number of ketones is 1. The number of ether oxygens (including phenoxy) is 1. The van der Waals surface area contributed by atoms with Crippen LogP contribution in [0.1, 0.15) is 87.1 Å². The summed E-state index contributed by atoms with van der Waals surface area (Å²) in [6, 6.07) is 17.3. The Hall–Kier alpha value is -2.39. The maximum Gasteiger partial charge on any atom is 0.185 e. The molecule has 0 radical (unpaired) electrons. The molecule has 184 valence electrons. The van der Waals surface area contributed by atoms with E-state index in [0.717, 1.165) is 30.3 Å². The molecule has 0 bridgehead atoms. The molecule has 2 aromatic carbocycles. The van der Waals surface area contributed by atoms with E-state index in [1.54, 1.807) is 6.08 Å². The van der Waals surface area contributed by atoms with Gasteiger partial charge in [-0.2, -0.15) is 0 Å². The monoisotopic (exact) mass is 461 g/mol. The van der Waals surface area contributed by atoms with Crippen LogP contribution in [0.25, 0.3) is 6.08 Å². The van der Waals surface area contributed by atoms with Gasteiger partial charge in [0.15, 0.2) is 5.78 Å². The maximum atomic E-state index is 12.2. The zero-order valence-corrected chi connectivity index (χ0v) is 21.1. The number of nitrogens with zero attached hydrogens (tertiary/aromatic N) is 1. The van der Waals surface area contributed by atoms with Crippen LogP contribution < -0.4 is 4.74 Å². The van der Waals surface area contributed by atoms with Gasteiger partial charge in [-0.15, -0.1) is 0 Å². The van der Waals surface area contributed by atoms with E-state index in [-0.39, 0.29) is 5.78 Å². The van der Waals surface area contributed by atoms with Crippen molar-refractivity contribution in [2.75, 3.05) is 26.2 Å². The summed E-state index contributed by atoms with van der Waals surface area (Å²) in [6.45, 7) is 7.11. The lowest BCUT2D eigenvalue weighted by Gasteiger charge is -2.30. The first-order valence-electron chi connectivity index (χ1n) is 13.4. The lowest BCUT2D eigenvalue weighted by atomic mass is 9.99. The number of hydrogen-bond donors (Lipinski definition) is 0. The Morgan fingerprint density at radius 2 is 1.47 bits per heavy atom. The molecule has 3 heteroatoms. The smallest absolute Gasteiger partial charge is 0.185 e. The van der Waals surface area contributed by atoms with E-state index in [2.05, 4.69) is 11.8 Å². The number of rotatable bonds is 15. The number of hydrogen-bond acceptors (Lipinski definition) is 3. The molecular formula is C31H43NO2. The lowest BCUT2D eigenvalue weighted by molar-refractivity contribution is 0.104. The van der Waals surface area contributed by atoms with Gasteiger partial charge in [-0.3, -0.25) is 4.79 Å². The van der Waals surface area contributed by atoms with Gasteiger partial charge in [-0.1, -0.05) is 94.0 Å². The molecule has 34 heavy (non-hydrogen) atoms. The highest BCUT2D eigenvalue weighted by Gasteiger charge is 2.14. The molecule has 0 unspecified atom stereocenters. The van der Waals surface area contributed by atoms with Crippen LogP contribution in [-0.2, 0) is 0 Å². The van der Waals surface area contributed by atoms with Crippen molar-refractivity contribution < 1.29 is 9.53 Å². The second kappa shape index (κ2) is 15.5. The molecule has 1 saturated heterocycles. The Morgan fingerprint density at radius 1 is 0.853 bits per heavy atom. The van der Waals surface area contributed by atoms with Gasteiger partial charge in [0.25, 0.3) is 0 Å². The first kappa shape index (κ1) is 26.2. The molecular weight excluding hydrogens is 418 g/mol. The molecule has 0 saturated carbocycles. The minimum Gasteiger partial charge on any atom is -0.494 e. The fourth-order valence-electron chi connectivity index (χ4n) is 4.52. The van der Waals surface area contributed by atoms with E-state index in [9.17, 15) is 4.79 Å². The summed E-state index contributed by atoms with van der Waals surface area (Å²) < 4.78 is 5.88. The molecule has 1 heterocycles. The molecule has 0 spiro atoms. The van der Waals surface area contributed by atoms with Crippen LogP contribution in [0.2, 0.25) is 0 Å². The standard InChI is InChI=1S/C31H43NO2/c1-27-21-24-32(25-22-27)23-11-6-4-2-3-5-7-12-26-34-30-18-15-28(16-19-30)17-20-31(33)29-13-9-8-10-14-29/h8-10,13-20,27H,2-7,11-12,21-26H2,1H3/b20-17+. The third-order valence-corrected chi connectivity index (χ3v) is 6.88. The highest BCUT2D eigenvalue weighted by atomic mass is 16.5. The minimum atomic E-state index is 0.0214. The van der Waals surface area contributed by atoms with E-state index in [4.69, 9.17) is 4.74 Å². The van der Waals surface area contributed by atoms with E-state index in [1.165, 1.54) is 77.4 Å². The second-order valence-corrected chi connectivity index (χ2v) is 9.83. The molecule has 1 fully saturated rings. The number of likely N-dealkylation sites (tertiary alicyclic amines) is 1. The Kier molecular flexibility index (Phi) is 12.0. The van der Waals surface area contributed by atoms with Crippen LogP contribution in [0.4, 0.5) is 0 Å². The Balaban J connectivity index is 1.16. The topological polar surface area (TPSA) is 29.5 Å². The molecule has 0 amide bonds. The highest BCUT2D eigenvalue weighted by Crippen LogP contribution is 2.17. The fraction of sp³-hybridized carbons (Fsp3) is 0.516. The molecule has 2 aromatic rings. The quantitative estimate of drug-likeness (QED) is 0.154. The van der Waals surface area contributed by atoms with Gasteiger partial charge in [0.1, 0.15) is 5.75 Å². The Labute approximate surface area is 207 Å². The number of carbonyl (C=O) groups is 1. The second-order valence-electron chi connectivity index (χ2n) is 9.83. The van der Waals surface area contributed by atoms with Gasteiger partial charge < -0.3 is 9.64 Å². The summed E-state index contributed by atoms with van der Waals surface area (Å²) in [5.74, 6) is 1.86. The van der Waals surface area contributed by atoms with Crippen LogP contribution in [0.5, 0.6) is 5.75 Å². The lowest BCUT2D eigenvalue weighted by Crippen LogP contribution is -2.33. The van der Waals surface area contributed by atoms with Gasteiger partial charge in [0, 0.05) is 5.56 Å². The summed E-state index contributed by atoms with van der Waals surface area (Å²) in [7, 11) is 0. The normalized spacial score (nSPS) is 15.1. The van der Waals surface area contributed by atoms with E-state index < -0.39 is 0 Å². The van der Waals surface area contributed by atoms with E-state index in [1.807, 2.05) is 60.7 Å². The molecule has 3 rings (SSSR count). The Morgan fingerprint density at radius 3 is 2.15 bits per heavy atom. The van der Waals surface area contributed by atoms with Gasteiger partial charge >= 0.3 is 0 Å². The molecule has 0 N–H and O–H groups in total. The average Bonchev–Trinajstić information content (AvgIpc) is 2.88. The van der Waals surface area contributed by atoms with Crippen molar-refractivity contribution >= 4 is 11.9 Å². The van der Waals surface area contributed by atoms with Crippen LogP contribution in [0.3, 0.4) is 0 Å². The average molecular weight is 462 g/mol. The van der Waals surface area contributed by atoms with Crippen molar-refractivity contribution in [3.05, 3.63) is 71.8 Å². The van der Waals surface area contributed by atoms with Gasteiger partial charge in [0.2, 0.25) is 0 Å². The molecule has 0 atom stereocenters. The molecule has 1 aliphatic heterocycles. The van der Waals surface area contributed by atoms with Gasteiger partial charge in [0.05, 0.1) is 6.61 Å². The summed E-state index contributed by atoms with van der Waals surface area (Å²) in [5.41, 5.74) is 1.71. The molecule has 3 nitrogen and oxygen atoms in total. The molecule has 0 aromatic heterocycles. The first-order valence-corrected chi connectivity index (χ1v) is 13.4. The van der Waals surface area contributed by atoms with Crippen molar-refractivity contribution in [1.29, 1.82) is 0 Å². The number of allylic oxidation sites excluding steroid dienone is 1. The minimum absolute atomic E-state index is 0.0214. The third kappa shape index (κ3) is 10.3. The van der Waals surface area contributed by atoms with Crippen molar-refractivity contribution in [3.63, 3.8) is 0 Å². The summed E-state index contributed by atoms with van der Waals surface area (Å²) in [6.07, 6.45) is 16.8. The van der Waals surface area contributed by atoms with Crippen LogP contribution in [0.15, 0.2) is 60.7 Å². The number of carbonyl (C=O) groups excluding carboxylic acids is 1. The molecule has 0 aliphatic carbocycles. The predicted molar refractivity (Wildman–Crippen MR) is 144 cm³/mol. The molecule has 1 aliphatic rings. The van der Waals surface area contributed by atoms with Crippen molar-refractivity contribution in [1.82, 2.24) is 4.90 Å². The number of unbranched alkanes of at least 4 members (excludes halogenated alkanes) is 7. The Bertz CT molecular complexity index is 835. The van der Waals surface area contributed by atoms with Crippen LogP contribution in [0, 0.1) is 5.92 Å². The predicted octanol–water partition coefficient (Wildman–Crippen LogP) is 7.81. The largest absolute Gasteiger partial charge is 0.494 e. The van der Waals surface area contributed by atoms with Crippen molar-refractivity contribution in [2.24, 2.45) is 5.92 Å². The summed E-state index contributed by atoms with van der Waals surface area (Å²) in [4.78, 5) is 14.8. The number of benzene rings is 2. The van der Waals surface area contributed by atoms with Crippen molar-refractivity contribution in [3.8, 4) is 5.75 Å². The SMILES string of the molecule is CC1CCN(CCCCCCCCCCOc2ccc(/C=C/C(=O)c3ccccc3)cc2)CC1. The van der Waals surface area contributed by atoms with Crippen LogP contribution >= 0.6 is 0 Å². The van der Waals surface area contributed by atoms with Gasteiger partial charge in [-0.05, 0) is 75.0 Å². The zero-order chi connectivity index (χ0) is 23.8. The third-order valence-electron chi connectivity index (χ3n) is 6.88. The fourth-order valence-corrected chi connectivity index (χ4v) is 4.52. The summed E-state index contributed by atoms with van der Waals surface area (Å²) in [5, 5.41) is 0. The summed E-state index contributed by atoms with van der Waals surface area (Å²) >= 11 is 0. The van der Waals surface area contributed by atoms with Crippen molar-refractivity contribution in [2.45, 2.75) is 71.1 Å². The van der Waals surface area contributed by atoms with Gasteiger partial charge in [-0.25, -0.2) is 0 Å². The highest BCUT2D eigenvalue weighted by molar-refractivity contribution is 6.06. The van der Waals surface area contributed by atoms with E-state index in [0.29, 0.717) is 5.56 Å². The number of piperidine rings is 1. The zero-order valence-electron chi connectivity index (χ0n) is 21.1.